The van der Waals surface area contributed by atoms with E-state index in [1.165, 1.54) is 11.3 Å². The fraction of sp³-hybridized carbons (Fsp3) is 0.400. The van der Waals surface area contributed by atoms with Gasteiger partial charge in [-0.3, -0.25) is 14.2 Å². The topological polar surface area (TPSA) is 55.2 Å². The van der Waals surface area contributed by atoms with Gasteiger partial charge in [0.2, 0.25) is 0 Å². The van der Waals surface area contributed by atoms with Gasteiger partial charge in [-0.25, -0.2) is 4.98 Å². The summed E-state index contributed by atoms with van der Waals surface area (Å²) in [6.45, 7) is 12.2. The zero-order valence-corrected chi connectivity index (χ0v) is 26.8. The number of aromatic nitrogens is 2. The summed E-state index contributed by atoms with van der Waals surface area (Å²) in [4.78, 5) is 36.0. The predicted octanol–water partition coefficient (Wildman–Crippen LogP) is 8.48. The molecule has 4 aromatic rings. The first-order valence-electron chi connectivity index (χ1n) is 15.1. The fourth-order valence-electron chi connectivity index (χ4n) is 6.01. The van der Waals surface area contributed by atoms with Gasteiger partial charge in [0.05, 0.1) is 22.5 Å². The summed E-state index contributed by atoms with van der Waals surface area (Å²) in [5.74, 6) is 0.715. The number of hydrogen-bond acceptors (Lipinski definition) is 4. The normalized spacial score (nSPS) is 15.4. The van der Waals surface area contributed by atoms with E-state index in [1.54, 1.807) is 0 Å². The van der Waals surface area contributed by atoms with E-state index in [1.807, 2.05) is 45.2 Å². The highest BCUT2D eigenvalue weighted by Gasteiger charge is 2.29. The predicted molar refractivity (Wildman–Crippen MR) is 175 cm³/mol. The molecule has 1 unspecified atom stereocenters. The standard InChI is InChI=1S/C35H40ClN3O2S/c1-6-24-11-8-12-25(7-2)32(24)39-31(18-22(3)4)28(34(40)38-17-9-10-23(5)20-38)19-29(35(39)41)33-37-30(21-42-33)26-13-15-27(36)16-14-26/h8,11-16,19,21-23H,6-7,9-10,17-18,20H2,1-5H3. The van der Waals surface area contributed by atoms with Crippen LogP contribution in [-0.4, -0.2) is 33.4 Å². The maximum atomic E-state index is 14.7. The minimum Gasteiger partial charge on any atom is -0.338 e. The average molecular weight is 602 g/mol. The van der Waals surface area contributed by atoms with Gasteiger partial charge in [0.1, 0.15) is 5.01 Å². The Morgan fingerprint density at radius 2 is 1.79 bits per heavy atom. The summed E-state index contributed by atoms with van der Waals surface area (Å²) < 4.78 is 1.87. The van der Waals surface area contributed by atoms with Gasteiger partial charge in [-0.15, -0.1) is 11.3 Å². The molecule has 1 fully saturated rings. The van der Waals surface area contributed by atoms with Crippen molar-refractivity contribution in [1.82, 2.24) is 14.5 Å². The number of para-hydroxylation sites is 1. The van der Waals surface area contributed by atoms with E-state index in [0.717, 1.165) is 72.5 Å². The number of amides is 1. The highest BCUT2D eigenvalue weighted by molar-refractivity contribution is 7.13. The molecule has 0 bridgehead atoms. The highest BCUT2D eigenvalue weighted by atomic mass is 35.5. The summed E-state index contributed by atoms with van der Waals surface area (Å²) in [5.41, 5.74) is 6.59. The molecule has 7 heteroatoms. The Labute approximate surface area is 258 Å². The van der Waals surface area contributed by atoms with Gasteiger partial charge in [0, 0.05) is 34.7 Å². The van der Waals surface area contributed by atoms with Gasteiger partial charge in [-0.05, 0) is 73.3 Å². The molecule has 1 saturated heterocycles. The fourth-order valence-corrected chi connectivity index (χ4v) is 6.98. The van der Waals surface area contributed by atoms with E-state index < -0.39 is 0 Å². The first kappa shape index (κ1) is 30.2. The first-order chi connectivity index (χ1) is 20.2. The largest absolute Gasteiger partial charge is 0.338 e. The zero-order valence-electron chi connectivity index (χ0n) is 25.2. The maximum absolute atomic E-state index is 14.7. The van der Waals surface area contributed by atoms with Crippen LogP contribution in [0.5, 0.6) is 0 Å². The third kappa shape index (κ3) is 6.11. The molecule has 0 spiro atoms. The van der Waals surface area contributed by atoms with Gasteiger partial charge in [0.25, 0.3) is 11.5 Å². The van der Waals surface area contributed by atoms with Crippen LogP contribution < -0.4 is 5.56 Å². The van der Waals surface area contributed by atoms with Crippen molar-refractivity contribution in [1.29, 1.82) is 0 Å². The lowest BCUT2D eigenvalue weighted by atomic mass is 9.95. The number of nitrogens with zero attached hydrogens (tertiary/aromatic N) is 3. The average Bonchev–Trinajstić information content (AvgIpc) is 3.47. The number of aryl methyl sites for hydroxylation is 2. The molecule has 0 aliphatic carbocycles. The van der Waals surface area contributed by atoms with E-state index in [9.17, 15) is 9.59 Å². The molecule has 1 amide bonds. The Bertz CT molecular complexity index is 1610. The number of carbonyl (C=O) groups excluding carboxylic acids is 1. The highest BCUT2D eigenvalue weighted by Crippen LogP contribution is 2.32. The number of halogens is 1. The van der Waals surface area contributed by atoms with Crippen LogP contribution in [0.15, 0.2) is 58.7 Å². The third-order valence-electron chi connectivity index (χ3n) is 8.14. The van der Waals surface area contributed by atoms with E-state index in [2.05, 4.69) is 52.8 Å². The number of rotatable bonds is 8. The van der Waals surface area contributed by atoms with E-state index >= 15 is 0 Å². The summed E-state index contributed by atoms with van der Waals surface area (Å²) in [6, 6.07) is 15.7. The van der Waals surface area contributed by atoms with E-state index in [-0.39, 0.29) is 17.4 Å². The zero-order chi connectivity index (χ0) is 30.0. The molecule has 1 atom stereocenters. The van der Waals surface area contributed by atoms with Gasteiger partial charge in [0.15, 0.2) is 0 Å². The van der Waals surface area contributed by atoms with E-state index in [0.29, 0.717) is 33.5 Å². The van der Waals surface area contributed by atoms with Gasteiger partial charge < -0.3 is 4.90 Å². The summed E-state index contributed by atoms with van der Waals surface area (Å²) >= 11 is 7.55. The molecular formula is C35H40ClN3O2S. The van der Waals surface area contributed by atoms with Crippen molar-refractivity contribution >= 4 is 28.8 Å². The van der Waals surface area contributed by atoms with Gasteiger partial charge >= 0.3 is 0 Å². The Morgan fingerprint density at radius 1 is 1.10 bits per heavy atom. The lowest BCUT2D eigenvalue weighted by Gasteiger charge is -2.32. The molecular weight excluding hydrogens is 562 g/mol. The van der Waals surface area contributed by atoms with Crippen molar-refractivity contribution in [2.24, 2.45) is 11.8 Å². The quantitative estimate of drug-likeness (QED) is 0.203. The number of carbonyl (C=O) groups is 1. The number of hydrogen-bond donors (Lipinski definition) is 0. The number of thiazole rings is 1. The van der Waals surface area contributed by atoms with Crippen LogP contribution in [0.2, 0.25) is 5.02 Å². The molecule has 3 heterocycles. The Kier molecular flexibility index (Phi) is 9.34. The van der Waals surface area contributed by atoms with Crippen LogP contribution in [0.4, 0.5) is 0 Å². The Morgan fingerprint density at radius 3 is 2.40 bits per heavy atom. The number of benzene rings is 2. The summed E-state index contributed by atoms with van der Waals surface area (Å²) in [5, 5.41) is 3.24. The first-order valence-corrected chi connectivity index (χ1v) is 16.4. The third-order valence-corrected chi connectivity index (χ3v) is 9.27. The molecule has 2 aromatic carbocycles. The van der Waals surface area contributed by atoms with Gasteiger partial charge in [-0.1, -0.05) is 76.6 Å². The maximum Gasteiger partial charge on any atom is 0.265 e. The van der Waals surface area contributed by atoms with Crippen molar-refractivity contribution in [3.8, 4) is 27.5 Å². The van der Waals surface area contributed by atoms with Crippen LogP contribution in [0.1, 0.15) is 74.6 Å². The molecule has 0 N–H and O–H groups in total. The minimum absolute atomic E-state index is 0.00806. The molecule has 0 saturated carbocycles. The van der Waals surface area contributed by atoms with Crippen LogP contribution >= 0.6 is 22.9 Å². The van der Waals surface area contributed by atoms with Crippen LogP contribution in [-0.2, 0) is 19.3 Å². The van der Waals surface area contributed by atoms with Crippen LogP contribution in [0, 0.1) is 11.8 Å². The Balaban J connectivity index is 1.79. The van der Waals surface area contributed by atoms with Gasteiger partial charge in [-0.2, -0.15) is 0 Å². The van der Waals surface area contributed by atoms with Crippen molar-refractivity contribution in [3.05, 3.63) is 91.7 Å². The van der Waals surface area contributed by atoms with Crippen molar-refractivity contribution in [2.45, 2.75) is 66.7 Å². The molecule has 1 aliphatic heterocycles. The van der Waals surface area contributed by atoms with Crippen molar-refractivity contribution in [2.75, 3.05) is 13.1 Å². The molecule has 0 radical (unpaired) electrons. The van der Waals surface area contributed by atoms with E-state index in [4.69, 9.17) is 16.6 Å². The lowest BCUT2D eigenvalue weighted by molar-refractivity contribution is 0.0681. The molecule has 2 aromatic heterocycles. The molecule has 5 nitrogen and oxygen atoms in total. The molecule has 5 rings (SSSR count). The number of pyridine rings is 1. The number of likely N-dealkylation sites (tertiary alicyclic amines) is 1. The van der Waals surface area contributed by atoms with Crippen molar-refractivity contribution in [3.63, 3.8) is 0 Å². The second kappa shape index (κ2) is 13.0. The smallest absolute Gasteiger partial charge is 0.265 e. The second-order valence-corrected chi connectivity index (χ2v) is 13.1. The monoisotopic (exact) mass is 601 g/mol. The minimum atomic E-state index is -0.123. The van der Waals surface area contributed by atoms with Crippen LogP contribution in [0.3, 0.4) is 0 Å². The summed E-state index contributed by atoms with van der Waals surface area (Å²) in [7, 11) is 0. The molecule has 220 valence electrons. The second-order valence-electron chi connectivity index (χ2n) is 11.8. The van der Waals surface area contributed by atoms with Crippen LogP contribution in [0.25, 0.3) is 27.5 Å². The number of piperidine rings is 1. The Hall–Kier alpha value is -3.22. The van der Waals surface area contributed by atoms with Crippen molar-refractivity contribution < 1.29 is 4.79 Å². The lowest BCUT2D eigenvalue weighted by Crippen LogP contribution is -2.40. The SMILES string of the molecule is CCc1cccc(CC)c1-n1c(CC(C)C)c(C(=O)N2CCCC(C)C2)cc(-c2nc(-c3ccc(Cl)cc3)cs2)c1=O. The molecule has 1 aliphatic rings. The summed E-state index contributed by atoms with van der Waals surface area (Å²) in [6.07, 6.45) is 4.31. The molecule has 42 heavy (non-hydrogen) atoms.